The second kappa shape index (κ2) is 8.51. The molecule has 7 nitrogen and oxygen atoms in total. The highest BCUT2D eigenvalue weighted by Crippen LogP contribution is 2.21. The van der Waals surface area contributed by atoms with Crippen molar-refractivity contribution in [2.24, 2.45) is 0 Å². The van der Waals surface area contributed by atoms with E-state index in [4.69, 9.17) is 9.47 Å². The summed E-state index contributed by atoms with van der Waals surface area (Å²) >= 11 is 0. The number of carbonyl (C=O) groups excluding carboxylic acids is 2. The standard InChI is InChI=1S/C21H25NO6S/c1-14-11-18(15(2)22(14)12-16-7-6-10-27-16)19(23)13-28-21(24)17-8-4-5-9-20(17)29(3,25)26/h4-5,8-9,11,16H,6-7,10,12-13H2,1-3H3/t16-/m0/s1. The maximum atomic E-state index is 12.6. The van der Waals surface area contributed by atoms with E-state index in [0.29, 0.717) is 12.1 Å². The first-order valence-corrected chi connectivity index (χ1v) is 11.4. The van der Waals surface area contributed by atoms with Crippen LogP contribution in [-0.4, -0.2) is 50.3 Å². The van der Waals surface area contributed by atoms with Crippen molar-refractivity contribution in [2.75, 3.05) is 19.5 Å². The van der Waals surface area contributed by atoms with Crippen LogP contribution >= 0.6 is 0 Å². The highest BCUT2D eigenvalue weighted by molar-refractivity contribution is 7.90. The summed E-state index contributed by atoms with van der Waals surface area (Å²) in [6, 6.07) is 7.57. The molecule has 0 aliphatic carbocycles. The summed E-state index contributed by atoms with van der Waals surface area (Å²) in [5, 5.41) is 0. The zero-order chi connectivity index (χ0) is 21.2. The number of rotatable bonds is 7. The number of carbonyl (C=O) groups is 2. The number of hydrogen-bond donors (Lipinski definition) is 0. The van der Waals surface area contributed by atoms with Gasteiger partial charge in [-0.05, 0) is 44.9 Å². The van der Waals surface area contributed by atoms with Crippen LogP contribution in [0.5, 0.6) is 0 Å². The van der Waals surface area contributed by atoms with E-state index >= 15 is 0 Å². The van der Waals surface area contributed by atoms with Crippen molar-refractivity contribution in [3.05, 3.63) is 52.8 Å². The van der Waals surface area contributed by atoms with E-state index in [0.717, 1.165) is 37.1 Å². The highest BCUT2D eigenvalue weighted by atomic mass is 32.2. The Bertz CT molecular complexity index is 1030. The molecule has 1 saturated heterocycles. The van der Waals surface area contributed by atoms with Crippen LogP contribution in [0.15, 0.2) is 35.2 Å². The molecule has 0 spiro atoms. The number of sulfone groups is 1. The Labute approximate surface area is 170 Å². The molecule has 1 fully saturated rings. The number of benzene rings is 1. The van der Waals surface area contributed by atoms with E-state index < -0.39 is 22.4 Å². The second-order valence-electron chi connectivity index (χ2n) is 7.30. The fourth-order valence-corrected chi connectivity index (χ4v) is 4.48. The molecule has 156 valence electrons. The average Bonchev–Trinajstić information content (AvgIpc) is 3.29. The van der Waals surface area contributed by atoms with Gasteiger partial charge in [-0.2, -0.15) is 0 Å². The second-order valence-corrected chi connectivity index (χ2v) is 9.28. The number of ether oxygens (including phenoxy) is 2. The molecule has 1 aliphatic rings. The van der Waals surface area contributed by atoms with Gasteiger partial charge in [-0.3, -0.25) is 4.79 Å². The van der Waals surface area contributed by atoms with E-state index in [1.807, 2.05) is 18.4 Å². The molecule has 1 atom stereocenters. The first-order chi connectivity index (χ1) is 13.7. The van der Waals surface area contributed by atoms with Gasteiger partial charge in [-0.1, -0.05) is 12.1 Å². The number of nitrogens with zero attached hydrogens (tertiary/aromatic N) is 1. The minimum Gasteiger partial charge on any atom is -0.454 e. The van der Waals surface area contributed by atoms with Gasteiger partial charge in [-0.15, -0.1) is 0 Å². The van der Waals surface area contributed by atoms with Crippen molar-refractivity contribution in [1.82, 2.24) is 4.57 Å². The summed E-state index contributed by atoms with van der Waals surface area (Å²) in [6.07, 6.45) is 3.21. The summed E-state index contributed by atoms with van der Waals surface area (Å²) < 4.78 is 36.6. The predicted molar refractivity (Wildman–Crippen MR) is 107 cm³/mol. The van der Waals surface area contributed by atoms with Crippen molar-refractivity contribution in [2.45, 2.75) is 44.2 Å². The van der Waals surface area contributed by atoms with Gasteiger partial charge < -0.3 is 14.0 Å². The molecular formula is C21H25NO6S. The van der Waals surface area contributed by atoms with Gasteiger partial charge in [0.15, 0.2) is 16.4 Å². The van der Waals surface area contributed by atoms with Crippen LogP contribution in [0.1, 0.15) is 44.9 Å². The fourth-order valence-electron chi connectivity index (χ4n) is 3.60. The van der Waals surface area contributed by atoms with Crippen molar-refractivity contribution in [1.29, 1.82) is 0 Å². The van der Waals surface area contributed by atoms with Gasteiger partial charge in [-0.25, -0.2) is 13.2 Å². The summed E-state index contributed by atoms with van der Waals surface area (Å²) in [5.74, 6) is -1.17. The lowest BCUT2D eigenvalue weighted by atomic mass is 10.1. The summed E-state index contributed by atoms with van der Waals surface area (Å²) in [4.78, 5) is 24.9. The normalized spacial score (nSPS) is 16.7. The van der Waals surface area contributed by atoms with Crippen molar-refractivity contribution in [3.63, 3.8) is 0 Å². The Hall–Kier alpha value is -2.45. The number of aryl methyl sites for hydroxylation is 1. The molecule has 1 aromatic heterocycles. The number of hydrogen-bond acceptors (Lipinski definition) is 6. The maximum absolute atomic E-state index is 12.6. The molecule has 1 aromatic carbocycles. The Kier molecular flexibility index (Phi) is 6.24. The molecular weight excluding hydrogens is 394 g/mol. The third-order valence-electron chi connectivity index (χ3n) is 5.13. The first-order valence-electron chi connectivity index (χ1n) is 9.46. The molecule has 2 aromatic rings. The third-order valence-corrected chi connectivity index (χ3v) is 6.28. The van der Waals surface area contributed by atoms with Gasteiger partial charge in [0.2, 0.25) is 5.78 Å². The summed E-state index contributed by atoms with van der Waals surface area (Å²) in [7, 11) is -3.59. The third kappa shape index (κ3) is 4.76. The van der Waals surface area contributed by atoms with Gasteiger partial charge in [0.25, 0.3) is 0 Å². The van der Waals surface area contributed by atoms with Crippen LogP contribution in [0.4, 0.5) is 0 Å². The van der Waals surface area contributed by atoms with Gasteiger partial charge >= 0.3 is 5.97 Å². The lowest BCUT2D eigenvalue weighted by molar-refractivity contribution is 0.0470. The van der Waals surface area contributed by atoms with Crippen molar-refractivity contribution >= 4 is 21.6 Å². The monoisotopic (exact) mass is 419 g/mol. The molecule has 2 heterocycles. The smallest absolute Gasteiger partial charge is 0.339 e. The van der Waals surface area contributed by atoms with Crippen LogP contribution in [0.25, 0.3) is 0 Å². The van der Waals surface area contributed by atoms with Crippen molar-refractivity contribution < 1.29 is 27.5 Å². The average molecular weight is 419 g/mol. The molecule has 0 unspecified atom stereocenters. The van der Waals surface area contributed by atoms with E-state index in [1.165, 1.54) is 18.2 Å². The summed E-state index contributed by atoms with van der Waals surface area (Å²) in [6.45, 7) is 4.78. The Morgan fingerprint density at radius 3 is 2.59 bits per heavy atom. The van der Waals surface area contributed by atoms with Gasteiger partial charge in [0.1, 0.15) is 0 Å². The largest absolute Gasteiger partial charge is 0.454 e. The maximum Gasteiger partial charge on any atom is 0.339 e. The lowest BCUT2D eigenvalue weighted by Gasteiger charge is -2.14. The molecule has 0 amide bonds. The molecule has 0 bridgehead atoms. The quantitative estimate of drug-likeness (QED) is 0.506. The molecule has 0 radical (unpaired) electrons. The topological polar surface area (TPSA) is 91.7 Å². The minimum atomic E-state index is -3.59. The molecule has 3 rings (SSSR count). The molecule has 0 saturated carbocycles. The lowest BCUT2D eigenvalue weighted by Crippen LogP contribution is -2.19. The predicted octanol–water partition coefficient (Wildman–Crippen LogP) is 2.73. The van der Waals surface area contributed by atoms with Crippen LogP contribution in [0.3, 0.4) is 0 Å². The van der Waals surface area contributed by atoms with Gasteiger partial charge in [0, 0.05) is 36.4 Å². The Morgan fingerprint density at radius 1 is 1.21 bits per heavy atom. The SMILES string of the molecule is Cc1cc(C(=O)COC(=O)c2ccccc2S(C)(=O)=O)c(C)n1C[C@@H]1CCCO1. The van der Waals surface area contributed by atoms with E-state index in [9.17, 15) is 18.0 Å². The Morgan fingerprint density at radius 2 is 1.93 bits per heavy atom. The number of ketones is 1. The number of esters is 1. The van der Waals surface area contributed by atoms with Crippen LogP contribution in [0.2, 0.25) is 0 Å². The van der Waals surface area contributed by atoms with Crippen LogP contribution in [0, 0.1) is 13.8 Å². The van der Waals surface area contributed by atoms with E-state index in [2.05, 4.69) is 0 Å². The van der Waals surface area contributed by atoms with Crippen LogP contribution in [-0.2, 0) is 25.9 Å². The molecule has 1 aliphatic heterocycles. The first kappa shape index (κ1) is 21.3. The van der Waals surface area contributed by atoms with Crippen molar-refractivity contribution in [3.8, 4) is 0 Å². The minimum absolute atomic E-state index is 0.0772. The van der Waals surface area contributed by atoms with E-state index in [1.54, 1.807) is 12.1 Å². The summed E-state index contributed by atoms with van der Waals surface area (Å²) in [5.41, 5.74) is 2.15. The Balaban J connectivity index is 1.71. The fraction of sp³-hybridized carbons (Fsp3) is 0.429. The van der Waals surface area contributed by atoms with E-state index in [-0.39, 0.29) is 22.3 Å². The zero-order valence-corrected chi connectivity index (χ0v) is 17.6. The van der Waals surface area contributed by atoms with Crippen LogP contribution < -0.4 is 0 Å². The molecule has 8 heteroatoms. The molecule has 29 heavy (non-hydrogen) atoms. The zero-order valence-electron chi connectivity index (χ0n) is 16.8. The molecule has 0 N–H and O–H groups in total. The highest BCUT2D eigenvalue weighted by Gasteiger charge is 2.23. The van der Waals surface area contributed by atoms with Gasteiger partial charge in [0.05, 0.1) is 16.6 Å². The number of aromatic nitrogens is 1. The number of Topliss-reactive ketones (excluding diaryl/α,β-unsaturated/α-hetero) is 1.